The highest BCUT2D eigenvalue weighted by Crippen LogP contribution is 2.16. The van der Waals surface area contributed by atoms with Gasteiger partial charge in [0.1, 0.15) is 6.10 Å². The lowest BCUT2D eigenvalue weighted by molar-refractivity contribution is -0.373. The number of esters is 1. The van der Waals surface area contributed by atoms with Crippen molar-refractivity contribution in [1.29, 1.82) is 0 Å². The summed E-state index contributed by atoms with van der Waals surface area (Å²) in [5, 5.41) is 18.9. The Kier molecular flexibility index (Phi) is 5.49. The molecule has 0 amide bonds. The van der Waals surface area contributed by atoms with Gasteiger partial charge in [0.25, 0.3) is 0 Å². The summed E-state index contributed by atoms with van der Waals surface area (Å²) in [5.41, 5.74) is 0.120. The summed E-state index contributed by atoms with van der Waals surface area (Å²) < 4.78 is 9.49. The van der Waals surface area contributed by atoms with Crippen LogP contribution in [0.2, 0.25) is 0 Å². The van der Waals surface area contributed by atoms with E-state index in [9.17, 15) is 15.0 Å². The standard InChI is InChI=1S/C10H18O5/c1-5-6-14-10(13,8(4)11)15-9(12)7(2)3/h8,11,13H,2,5-6H2,1,3-4H3. The summed E-state index contributed by atoms with van der Waals surface area (Å²) in [5.74, 6) is -3.11. The molecule has 5 nitrogen and oxygen atoms in total. The molecule has 0 radical (unpaired) electrons. The topological polar surface area (TPSA) is 76.0 Å². The van der Waals surface area contributed by atoms with E-state index >= 15 is 0 Å². The fourth-order valence-electron chi connectivity index (χ4n) is 0.704. The van der Waals surface area contributed by atoms with Crippen LogP contribution in [0.15, 0.2) is 12.2 Å². The molecule has 0 spiro atoms. The van der Waals surface area contributed by atoms with E-state index in [2.05, 4.69) is 11.3 Å². The largest absolute Gasteiger partial charge is 0.402 e. The Hall–Kier alpha value is -0.910. The van der Waals surface area contributed by atoms with Crippen LogP contribution in [0.4, 0.5) is 0 Å². The van der Waals surface area contributed by atoms with E-state index in [-0.39, 0.29) is 12.2 Å². The minimum absolute atomic E-state index is 0.120. The second-order valence-corrected chi connectivity index (χ2v) is 3.32. The molecule has 0 heterocycles. The van der Waals surface area contributed by atoms with Crippen molar-refractivity contribution in [3.63, 3.8) is 0 Å². The highest BCUT2D eigenvalue weighted by molar-refractivity contribution is 5.87. The number of hydrogen-bond donors (Lipinski definition) is 2. The third kappa shape index (κ3) is 4.42. The second kappa shape index (κ2) is 5.85. The maximum absolute atomic E-state index is 11.2. The van der Waals surface area contributed by atoms with Gasteiger partial charge in [-0.05, 0) is 20.3 Å². The smallest absolute Gasteiger partial charge is 0.354 e. The third-order valence-electron chi connectivity index (χ3n) is 1.63. The summed E-state index contributed by atoms with van der Waals surface area (Å²) in [7, 11) is 0. The zero-order valence-electron chi connectivity index (χ0n) is 9.32. The molecule has 0 saturated carbocycles. The molecule has 0 aliphatic carbocycles. The van der Waals surface area contributed by atoms with Gasteiger partial charge in [-0.3, -0.25) is 0 Å². The van der Waals surface area contributed by atoms with E-state index in [0.29, 0.717) is 6.42 Å². The molecule has 0 aromatic heterocycles. The molecule has 2 N–H and O–H groups in total. The number of ether oxygens (including phenoxy) is 2. The molecule has 0 aromatic carbocycles. The zero-order chi connectivity index (χ0) is 12.1. The van der Waals surface area contributed by atoms with E-state index in [1.54, 1.807) is 0 Å². The first kappa shape index (κ1) is 14.1. The predicted molar refractivity (Wildman–Crippen MR) is 53.8 cm³/mol. The van der Waals surface area contributed by atoms with Crippen LogP contribution in [0.5, 0.6) is 0 Å². The lowest BCUT2D eigenvalue weighted by Gasteiger charge is -2.29. The second-order valence-electron chi connectivity index (χ2n) is 3.32. The van der Waals surface area contributed by atoms with Gasteiger partial charge in [-0.1, -0.05) is 13.5 Å². The van der Waals surface area contributed by atoms with Gasteiger partial charge in [0.2, 0.25) is 0 Å². The highest BCUT2D eigenvalue weighted by Gasteiger charge is 2.38. The van der Waals surface area contributed by atoms with Crippen molar-refractivity contribution >= 4 is 5.97 Å². The molecule has 88 valence electrons. The zero-order valence-corrected chi connectivity index (χ0v) is 9.32. The van der Waals surface area contributed by atoms with Crippen LogP contribution in [0.25, 0.3) is 0 Å². The Labute approximate surface area is 89.3 Å². The van der Waals surface area contributed by atoms with Gasteiger partial charge in [0.15, 0.2) is 0 Å². The maximum Gasteiger partial charge on any atom is 0.354 e. The van der Waals surface area contributed by atoms with Crippen LogP contribution in [0, 0.1) is 0 Å². The van der Waals surface area contributed by atoms with Crippen molar-refractivity contribution in [2.24, 2.45) is 0 Å². The minimum Gasteiger partial charge on any atom is -0.402 e. The molecule has 5 heteroatoms. The summed E-state index contributed by atoms with van der Waals surface area (Å²) in [6, 6.07) is 0. The Morgan fingerprint density at radius 2 is 2.13 bits per heavy atom. The number of carbonyl (C=O) groups excluding carboxylic acids is 1. The molecule has 0 rings (SSSR count). The Bertz CT molecular complexity index is 236. The van der Waals surface area contributed by atoms with Gasteiger partial charge in [-0.2, -0.15) is 0 Å². The third-order valence-corrected chi connectivity index (χ3v) is 1.63. The first-order valence-corrected chi connectivity index (χ1v) is 4.76. The molecule has 0 aliphatic heterocycles. The molecule has 2 unspecified atom stereocenters. The SMILES string of the molecule is C=C(C)C(=O)OC(O)(OCCC)C(C)O. The van der Waals surface area contributed by atoms with Crippen molar-refractivity contribution in [3.05, 3.63) is 12.2 Å². The van der Waals surface area contributed by atoms with Crippen molar-refractivity contribution in [2.75, 3.05) is 6.61 Å². The lowest BCUT2D eigenvalue weighted by Crippen LogP contribution is -2.47. The van der Waals surface area contributed by atoms with Crippen LogP contribution in [0.1, 0.15) is 27.2 Å². The normalized spacial score (nSPS) is 16.6. The fourth-order valence-corrected chi connectivity index (χ4v) is 0.704. The van der Waals surface area contributed by atoms with E-state index in [1.807, 2.05) is 6.92 Å². The van der Waals surface area contributed by atoms with Crippen LogP contribution in [0.3, 0.4) is 0 Å². The van der Waals surface area contributed by atoms with Crippen molar-refractivity contribution in [3.8, 4) is 0 Å². The van der Waals surface area contributed by atoms with E-state index in [1.165, 1.54) is 13.8 Å². The van der Waals surface area contributed by atoms with Crippen LogP contribution < -0.4 is 0 Å². The van der Waals surface area contributed by atoms with Gasteiger partial charge in [0.05, 0.1) is 6.61 Å². The summed E-state index contributed by atoms with van der Waals surface area (Å²) in [6.07, 6.45) is -0.716. The van der Waals surface area contributed by atoms with Crippen molar-refractivity contribution in [2.45, 2.75) is 39.3 Å². The first-order chi connectivity index (χ1) is 6.83. The van der Waals surface area contributed by atoms with Crippen LogP contribution >= 0.6 is 0 Å². The molecular weight excluding hydrogens is 200 g/mol. The Morgan fingerprint density at radius 1 is 1.60 bits per heavy atom. The van der Waals surface area contributed by atoms with Crippen LogP contribution in [-0.2, 0) is 14.3 Å². The Balaban J connectivity index is 4.50. The molecule has 2 atom stereocenters. The number of aliphatic hydroxyl groups excluding tert-OH is 1. The molecule has 0 aliphatic rings. The average Bonchev–Trinajstić information content (AvgIpc) is 2.14. The summed E-state index contributed by atoms with van der Waals surface area (Å²) in [4.78, 5) is 11.2. The van der Waals surface area contributed by atoms with Gasteiger partial charge >= 0.3 is 11.9 Å². The molecule has 0 fully saturated rings. The van der Waals surface area contributed by atoms with Crippen molar-refractivity contribution in [1.82, 2.24) is 0 Å². The molecular formula is C10H18O5. The summed E-state index contributed by atoms with van der Waals surface area (Å²) in [6.45, 7) is 8.05. The number of carbonyl (C=O) groups is 1. The maximum atomic E-state index is 11.2. The van der Waals surface area contributed by atoms with E-state index in [0.717, 1.165) is 0 Å². The van der Waals surface area contributed by atoms with Gasteiger partial charge in [0, 0.05) is 5.57 Å². The van der Waals surface area contributed by atoms with Gasteiger partial charge < -0.3 is 19.7 Å². The number of aliphatic hydroxyl groups is 2. The molecule has 0 aromatic rings. The molecule has 15 heavy (non-hydrogen) atoms. The monoisotopic (exact) mass is 218 g/mol. The van der Waals surface area contributed by atoms with E-state index in [4.69, 9.17) is 4.74 Å². The summed E-state index contributed by atoms with van der Waals surface area (Å²) >= 11 is 0. The van der Waals surface area contributed by atoms with Crippen LogP contribution in [-0.4, -0.2) is 34.9 Å². The highest BCUT2D eigenvalue weighted by atomic mass is 16.8. The number of hydrogen-bond acceptors (Lipinski definition) is 5. The Morgan fingerprint density at radius 3 is 2.47 bits per heavy atom. The van der Waals surface area contributed by atoms with Gasteiger partial charge in [-0.15, -0.1) is 0 Å². The lowest BCUT2D eigenvalue weighted by atomic mass is 10.3. The van der Waals surface area contributed by atoms with Crippen molar-refractivity contribution < 1.29 is 24.5 Å². The quantitative estimate of drug-likeness (QED) is 0.387. The molecule has 0 saturated heterocycles. The van der Waals surface area contributed by atoms with Gasteiger partial charge in [-0.25, -0.2) is 4.79 Å². The number of rotatable bonds is 6. The average molecular weight is 218 g/mol. The minimum atomic E-state index is -2.30. The molecule has 0 bridgehead atoms. The predicted octanol–water partition coefficient (Wildman–Crippen LogP) is 0.559. The first-order valence-electron chi connectivity index (χ1n) is 4.76. The fraction of sp³-hybridized carbons (Fsp3) is 0.700. The van der Waals surface area contributed by atoms with E-state index < -0.39 is 18.0 Å².